The van der Waals surface area contributed by atoms with Gasteiger partial charge in [-0.3, -0.25) is 29.4 Å². The number of hydrogen-bond acceptors (Lipinski definition) is 8. The highest BCUT2D eigenvalue weighted by atomic mass is 127. The lowest BCUT2D eigenvalue weighted by molar-refractivity contribution is -0.384. The number of non-ortho nitro benzene ring substituents is 1. The van der Waals surface area contributed by atoms with Crippen LogP contribution in [0, 0.1) is 13.7 Å². The van der Waals surface area contributed by atoms with Crippen LogP contribution >= 0.6 is 34.4 Å². The standard InChI is InChI=1S/C20H15IN2O7S/c1-29-16-8-11(7-14(21)18(16)30-2)9-17-19(25)22(20(26)31-17)10-15(24)12-3-5-13(6-4-12)23(27)28/h3-9H,10H2,1-2H3/b17-9+. The number of ether oxygens (including phenoxy) is 2. The number of nitro benzene ring substituents is 1. The van der Waals surface area contributed by atoms with Crippen LogP contribution in [-0.2, 0) is 4.79 Å². The second-order valence-corrected chi connectivity index (χ2v) is 8.39. The van der Waals surface area contributed by atoms with Crippen molar-refractivity contribution in [1.82, 2.24) is 4.90 Å². The number of hydrogen-bond donors (Lipinski definition) is 0. The fraction of sp³-hybridized carbons (Fsp3) is 0.150. The van der Waals surface area contributed by atoms with Gasteiger partial charge in [-0.25, -0.2) is 0 Å². The number of methoxy groups -OCH3 is 2. The summed E-state index contributed by atoms with van der Waals surface area (Å²) in [6.45, 7) is -0.455. The molecule has 0 atom stereocenters. The van der Waals surface area contributed by atoms with E-state index in [1.807, 2.05) is 0 Å². The summed E-state index contributed by atoms with van der Waals surface area (Å²) in [6.07, 6.45) is 1.55. The van der Waals surface area contributed by atoms with E-state index in [1.54, 1.807) is 18.2 Å². The number of carbonyl (C=O) groups is 3. The van der Waals surface area contributed by atoms with E-state index in [0.29, 0.717) is 17.1 Å². The minimum absolute atomic E-state index is 0.157. The molecule has 9 nitrogen and oxygen atoms in total. The van der Waals surface area contributed by atoms with Gasteiger partial charge < -0.3 is 9.47 Å². The number of amides is 2. The molecule has 3 rings (SSSR count). The van der Waals surface area contributed by atoms with E-state index in [2.05, 4.69) is 22.6 Å². The molecule has 2 aromatic rings. The summed E-state index contributed by atoms with van der Waals surface area (Å²) in [5.41, 5.74) is 0.646. The highest BCUT2D eigenvalue weighted by Crippen LogP contribution is 2.37. The molecule has 1 fully saturated rings. The normalized spacial score (nSPS) is 14.8. The fourth-order valence-electron chi connectivity index (χ4n) is 2.81. The molecular formula is C20H15IN2O7S. The smallest absolute Gasteiger partial charge is 0.293 e. The Balaban J connectivity index is 1.80. The van der Waals surface area contributed by atoms with E-state index < -0.39 is 28.4 Å². The molecule has 2 amide bonds. The van der Waals surface area contributed by atoms with E-state index in [4.69, 9.17) is 9.47 Å². The van der Waals surface area contributed by atoms with Crippen LogP contribution in [0.15, 0.2) is 41.3 Å². The van der Waals surface area contributed by atoms with Crippen LogP contribution in [0.3, 0.4) is 0 Å². The molecule has 0 aliphatic carbocycles. The van der Waals surface area contributed by atoms with Crippen molar-refractivity contribution >= 4 is 63.0 Å². The SMILES string of the molecule is COc1cc(/C=C2/SC(=O)N(CC(=O)c3ccc([N+](=O)[O-])cc3)C2=O)cc(I)c1OC. The quantitative estimate of drug-likeness (QED) is 0.165. The average molecular weight is 554 g/mol. The Hall–Kier alpha value is -2.93. The molecule has 0 saturated carbocycles. The number of nitro groups is 1. The zero-order chi connectivity index (χ0) is 22.7. The van der Waals surface area contributed by atoms with Gasteiger partial charge >= 0.3 is 0 Å². The Morgan fingerprint density at radius 3 is 2.45 bits per heavy atom. The third-order valence-corrected chi connectivity index (χ3v) is 6.04. The van der Waals surface area contributed by atoms with Crippen LogP contribution in [0.25, 0.3) is 6.08 Å². The van der Waals surface area contributed by atoms with Gasteiger partial charge in [0.2, 0.25) is 0 Å². The molecule has 0 N–H and O–H groups in total. The number of Topliss-reactive ketones (excluding diaryl/α,β-unsaturated/α-hetero) is 1. The van der Waals surface area contributed by atoms with Crippen LogP contribution < -0.4 is 9.47 Å². The van der Waals surface area contributed by atoms with Gasteiger partial charge in [0, 0.05) is 17.7 Å². The van der Waals surface area contributed by atoms with Gasteiger partial charge in [0.15, 0.2) is 17.3 Å². The number of halogens is 1. The first-order valence-corrected chi connectivity index (χ1v) is 10.6. The summed E-state index contributed by atoms with van der Waals surface area (Å²) in [4.78, 5) is 48.7. The fourth-order valence-corrected chi connectivity index (χ4v) is 4.50. The Kier molecular flexibility index (Phi) is 6.95. The predicted octanol–water partition coefficient (Wildman–Crippen LogP) is 4.14. The molecular weight excluding hydrogens is 539 g/mol. The van der Waals surface area contributed by atoms with Crippen molar-refractivity contribution in [3.05, 3.63) is 66.1 Å². The first-order valence-electron chi connectivity index (χ1n) is 8.69. The Morgan fingerprint density at radius 2 is 1.87 bits per heavy atom. The Labute approximate surface area is 194 Å². The summed E-state index contributed by atoms with van der Waals surface area (Å²) >= 11 is 2.81. The van der Waals surface area contributed by atoms with Gasteiger partial charge in [0.1, 0.15) is 0 Å². The lowest BCUT2D eigenvalue weighted by Gasteiger charge is -2.12. The maximum absolute atomic E-state index is 12.7. The zero-order valence-electron chi connectivity index (χ0n) is 16.3. The largest absolute Gasteiger partial charge is 0.493 e. The van der Waals surface area contributed by atoms with Gasteiger partial charge in [0.25, 0.3) is 16.8 Å². The summed E-state index contributed by atoms with van der Waals surface area (Å²) in [5.74, 6) is -0.0514. The molecule has 0 unspecified atom stereocenters. The first kappa shape index (κ1) is 22.7. The van der Waals surface area contributed by atoms with Crippen molar-refractivity contribution in [2.45, 2.75) is 0 Å². The zero-order valence-corrected chi connectivity index (χ0v) is 19.3. The third kappa shape index (κ3) is 4.88. The second-order valence-electron chi connectivity index (χ2n) is 6.23. The number of carbonyl (C=O) groups excluding carboxylic acids is 3. The van der Waals surface area contributed by atoms with Crippen molar-refractivity contribution in [2.75, 3.05) is 20.8 Å². The molecule has 1 saturated heterocycles. The minimum atomic E-state index is -0.588. The molecule has 1 heterocycles. The molecule has 31 heavy (non-hydrogen) atoms. The predicted molar refractivity (Wildman–Crippen MR) is 122 cm³/mol. The monoisotopic (exact) mass is 554 g/mol. The van der Waals surface area contributed by atoms with Crippen LogP contribution in [0.5, 0.6) is 11.5 Å². The number of benzene rings is 2. The van der Waals surface area contributed by atoms with E-state index >= 15 is 0 Å². The maximum atomic E-state index is 12.7. The number of thioether (sulfide) groups is 1. The topological polar surface area (TPSA) is 116 Å². The van der Waals surface area contributed by atoms with E-state index in [0.717, 1.165) is 20.2 Å². The summed E-state index contributed by atoms with van der Waals surface area (Å²) in [7, 11) is 3.02. The Morgan fingerprint density at radius 1 is 1.19 bits per heavy atom. The van der Waals surface area contributed by atoms with Gasteiger partial charge in [-0.2, -0.15) is 0 Å². The molecule has 2 aromatic carbocycles. The molecule has 1 aliphatic heterocycles. The third-order valence-electron chi connectivity index (χ3n) is 4.33. The number of rotatable bonds is 7. The minimum Gasteiger partial charge on any atom is -0.493 e. The van der Waals surface area contributed by atoms with Crippen molar-refractivity contribution < 1.29 is 28.8 Å². The van der Waals surface area contributed by atoms with Crippen molar-refractivity contribution in [1.29, 1.82) is 0 Å². The molecule has 0 radical (unpaired) electrons. The number of imide groups is 1. The van der Waals surface area contributed by atoms with E-state index in [1.165, 1.54) is 38.5 Å². The molecule has 160 valence electrons. The highest BCUT2D eigenvalue weighted by molar-refractivity contribution is 14.1. The first-order chi connectivity index (χ1) is 14.7. The summed E-state index contributed by atoms with van der Waals surface area (Å²) in [5, 5.41) is 10.2. The number of ketones is 1. The molecule has 1 aliphatic rings. The molecule has 0 spiro atoms. The van der Waals surface area contributed by atoms with Crippen LogP contribution in [0.1, 0.15) is 15.9 Å². The van der Waals surface area contributed by atoms with Crippen molar-refractivity contribution in [2.24, 2.45) is 0 Å². The van der Waals surface area contributed by atoms with E-state index in [9.17, 15) is 24.5 Å². The van der Waals surface area contributed by atoms with Crippen LogP contribution in [0.2, 0.25) is 0 Å². The van der Waals surface area contributed by atoms with Crippen molar-refractivity contribution in [3.8, 4) is 11.5 Å². The second kappa shape index (κ2) is 9.47. The van der Waals surface area contributed by atoms with E-state index in [-0.39, 0.29) is 16.2 Å². The van der Waals surface area contributed by atoms with Gasteiger partial charge in [-0.15, -0.1) is 0 Å². The molecule has 11 heteroatoms. The van der Waals surface area contributed by atoms with Gasteiger partial charge in [0.05, 0.1) is 34.2 Å². The highest BCUT2D eigenvalue weighted by Gasteiger charge is 2.36. The van der Waals surface area contributed by atoms with Crippen molar-refractivity contribution in [3.63, 3.8) is 0 Å². The van der Waals surface area contributed by atoms with Crippen LogP contribution in [0.4, 0.5) is 10.5 Å². The van der Waals surface area contributed by atoms with Gasteiger partial charge in [-0.05, 0) is 70.3 Å². The summed E-state index contributed by atoms with van der Waals surface area (Å²) in [6, 6.07) is 8.43. The lowest BCUT2D eigenvalue weighted by Crippen LogP contribution is -2.33. The molecule has 0 aromatic heterocycles. The van der Waals surface area contributed by atoms with Crippen LogP contribution in [-0.4, -0.2) is 47.5 Å². The maximum Gasteiger partial charge on any atom is 0.293 e. The Bertz CT molecular complexity index is 1120. The lowest BCUT2D eigenvalue weighted by atomic mass is 10.1. The number of nitrogens with zero attached hydrogens (tertiary/aromatic N) is 2. The molecule has 0 bridgehead atoms. The average Bonchev–Trinajstić information content (AvgIpc) is 3.00. The summed E-state index contributed by atoms with van der Waals surface area (Å²) < 4.78 is 11.4. The van der Waals surface area contributed by atoms with Gasteiger partial charge in [-0.1, -0.05) is 0 Å².